The van der Waals surface area contributed by atoms with Gasteiger partial charge in [-0.3, -0.25) is 0 Å². The van der Waals surface area contributed by atoms with Crippen molar-refractivity contribution in [1.82, 2.24) is 0 Å². The lowest BCUT2D eigenvalue weighted by Crippen LogP contribution is -2.66. The van der Waals surface area contributed by atoms with Gasteiger partial charge in [0.15, 0.2) is 0 Å². The number of ether oxygens (including phenoxy) is 2. The molecule has 0 saturated carbocycles. The minimum atomic E-state index is -0.291. The molecule has 0 saturated heterocycles. The lowest BCUT2D eigenvalue weighted by molar-refractivity contribution is 0.467. The van der Waals surface area contributed by atoms with Crippen molar-refractivity contribution in [2.45, 2.75) is 0 Å². The number of fused-ring (bicyclic) bond motifs is 13. The predicted molar refractivity (Wildman–Crippen MR) is 422 cm³/mol. The molecule has 0 N–H and O–H groups in total. The number of hydrogen-bond donors (Lipinski definition) is 0. The number of hydrogen-bond acceptors (Lipinski definition) is 8. The van der Waals surface area contributed by atoms with Crippen LogP contribution in [0.15, 0.2) is 358 Å². The van der Waals surface area contributed by atoms with E-state index in [0.717, 1.165) is 147 Å². The van der Waals surface area contributed by atoms with Gasteiger partial charge in [-0.2, -0.15) is 0 Å². The smallest absolute Gasteiger partial charge is 0.260 e. The second kappa shape index (κ2) is 22.7. The monoisotopic (exact) mass is 1290 g/mol. The molecule has 101 heavy (non-hydrogen) atoms. The lowest BCUT2D eigenvalue weighted by Gasteiger charge is -2.47. The van der Waals surface area contributed by atoms with Gasteiger partial charge in [-0.15, -0.1) is 0 Å². The van der Waals surface area contributed by atoms with E-state index in [2.05, 4.69) is 387 Å². The zero-order chi connectivity index (χ0) is 66.2. The summed E-state index contributed by atoms with van der Waals surface area (Å²) >= 11 is 0. The van der Waals surface area contributed by atoms with Crippen LogP contribution in [0.25, 0.3) is 0 Å². The average Bonchev–Trinajstić information content (AvgIpc) is 0.690. The second-order valence-corrected chi connectivity index (χ2v) is 26.7. The van der Waals surface area contributed by atoms with Crippen molar-refractivity contribution in [3.63, 3.8) is 0 Å². The summed E-state index contributed by atoms with van der Waals surface area (Å²) in [5.41, 5.74) is 29.4. The fourth-order valence-electron chi connectivity index (χ4n) is 17.2. The van der Waals surface area contributed by atoms with Crippen LogP contribution in [0.5, 0.6) is 23.0 Å². The summed E-state index contributed by atoms with van der Waals surface area (Å²) in [4.78, 5) is 14.8. The van der Waals surface area contributed by atoms with E-state index in [1.54, 1.807) is 0 Å². The number of anilines is 18. The number of rotatable bonds is 10. The van der Waals surface area contributed by atoms with Gasteiger partial charge in [0.2, 0.25) is 0 Å². The first kappa shape index (κ1) is 57.0. The number of para-hydroxylation sites is 11. The van der Waals surface area contributed by atoms with Crippen molar-refractivity contribution in [3.8, 4) is 23.0 Å². The molecule has 15 aromatic rings. The molecule has 11 heteroatoms. The Labute approximate surface area is 587 Å². The standard InChI is InChI=1S/C90H59B3N6O2/c1-9-31-60(32-10-1)94(61-33-11-2-12-34-61)68-53-78-86-79(54-68)98(66-43-21-7-22-44-66)77-58-84-74(57-73(77)91(86)70-47-25-28-50-75(70)96(78)64-39-17-5-18-40-64)92-72-49-27-30-52-83(72)101-90-88-82(59-85(100-84)89(90)92)99(67-45-23-8-24-46-67)81-56-69(95(62-35-13-3-14-36-62)63-37-15-4-16-38-63)55-80-87(81)93(88)71-48-26-29-51-76(71)97(80)65-41-19-6-20-42-65/h1-59H. The molecule has 15 aromatic carbocycles. The Bertz CT molecular complexity index is 5710. The number of nitrogens with zero attached hydrogens (tertiary/aromatic N) is 6. The van der Waals surface area contributed by atoms with Crippen LogP contribution in [0.3, 0.4) is 0 Å². The third-order valence-electron chi connectivity index (χ3n) is 21.2. The molecule has 0 bridgehead atoms. The SMILES string of the molecule is c1ccc(N(c2ccccc2)c2cc3c4c(c2)N(c2ccccc2)c2cc5c(cc2B4c2ccccc2N3c2ccccc2)B2c3ccccc3Oc3c2c(cc2c3B3c4ccccc4N(c4ccccc4)c4cc(N(c6ccccc6)c6ccccc6)cc(c43)N2c2ccccc2)O5)cc1. The van der Waals surface area contributed by atoms with Gasteiger partial charge in [0, 0.05) is 109 Å². The Balaban J connectivity index is 0.836. The summed E-state index contributed by atoms with van der Waals surface area (Å²) in [5, 5.41) is 0. The zero-order valence-electron chi connectivity index (χ0n) is 54.8. The Morgan fingerprint density at radius 3 is 0.970 bits per heavy atom. The molecule has 0 spiro atoms. The summed E-state index contributed by atoms with van der Waals surface area (Å²) in [7, 11) is 0. The Hall–Kier alpha value is -13.1. The van der Waals surface area contributed by atoms with Crippen molar-refractivity contribution in [2.75, 3.05) is 29.4 Å². The van der Waals surface area contributed by atoms with Gasteiger partial charge >= 0.3 is 0 Å². The van der Waals surface area contributed by atoms with Crippen molar-refractivity contribution in [1.29, 1.82) is 0 Å². The van der Waals surface area contributed by atoms with Gasteiger partial charge in [0.25, 0.3) is 20.1 Å². The summed E-state index contributed by atoms with van der Waals surface area (Å²) in [6.45, 7) is -0.776. The zero-order valence-corrected chi connectivity index (χ0v) is 54.8. The maximum Gasteiger partial charge on any atom is 0.260 e. The van der Waals surface area contributed by atoms with Crippen molar-refractivity contribution in [3.05, 3.63) is 358 Å². The Morgan fingerprint density at radius 2 is 0.525 bits per heavy atom. The lowest BCUT2D eigenvalue weighted by atomic mass is 9.29. The van der Waals surface area contributed by atoms with E-state index in [9.17, 15) is 0 Å². The van der Waals surface area contributed by atoms with Gasteiger partial charge in [-0.1, -0.05) is 206 Å². The molecular weight excluding hydrogens is 1230 g/mol. The van der Waals surface area contributed by atoms with Gasteiger partial charge in [0.05, 0.1) is 11.4 Å². The summed E-state index contributed by atoms with van der Waals surface area (Å²) in [5.74, 6) is 3.20. The molecule has 0 unspecified atom stereocenters. The van der Waals surface area contributed by atoms with E-state index in [-0.39, 0.29) is 20.1 Å². The van der Waals surface area contributed by atoms with Crippen LogP contribution in [0.1, 0.15) is 0 Å². The fraction of sp³-hybridized carbons (Fsp3) is 0. The van der Waals surface area contributed by atoms with Gasteiger partial charge in [0.1, 0.15) is 23.0 Å². The predicted octanol–water partition coefficient (Wildman–Crippen LogP) is 17.5. The molecular formula is C90H59B3N6O2. The molecule has 6 aliphatic heterocycles. The minimum absolute atomic E-state index is 0.197. The van der Waals surface area contributed by atoms with Crippen molar-refractivity contribution < 1.29 is 9.47 Å². The third-order valence-corrected chi connectivity index (χ3v) is 21.2. The fourth-order valence-corrected chi connectivity index (χ4v) is 17.2. The van der Waals surface area contributed by atoms with E-state index < -0.39 is 0 Å². The number of benzene rings is 15. The van der Waals surface area contributed by atoms with Crippen molar-refractivity contribution in [2.24, 2.45) is 0 Å². The van der Waals surface area contributed by atoms with Gasteiger partial charge in [-0.05, 0) is 183 Å². The summed E-state index contributed by atoms with van der Waals surface area (Å²) in [6.07, 6.45) is 0. The largest absolute Gasteiger partial charge is 0.459 e. The van der Waals surface area contributed by atoms with E-state index >= 15 is 0 Å². The molecule has 6 heterocycles. The van der Waals surface area contributed by atoms with E-state index in [1.165, 1.54) is 27.3 Å². The quantitative estimate of drug-likeness (QED) is 0.125. The minimum Gasteiger partial charge on any atom is -0.459 e. The van der Waals surface area contributed by atoms with Crippen LogP contribution in [-0.4, -0.2) is 20.1 Å². The highest BCUT2D eigenvalue weighted by Gasteiger charge is 2.52. The summed E-state index contributed by atoms with van der Waals surface area (Å²) < 4.78 is 15.7. The Kier molecular flexibility index (Phi) is 12.8. The highest BCUT2D eigenvalue weighted by atomic mass is 16.5. The molecule has 0 amide bonds. The van der Waals surface area contributed by atoms with Crippen LogP contribution >= 0.6 is 0 Å². The second-order valence-electron chi connectivity index (χ2n) is 26.7. The molecule has 21 rings (SSSR count). The van der Waals surface area contributed by atoms with Crippen LogP contribution in [0.4, 0.5) is 102 Å². The van der Waals surface area contributed by atoms with Crippen LogP contribution in [0, 0.1) is 0 Å². The topological polar surface area (TPSA) is 37.9 Å². The molecule has 0 radical (unpaired) electrons. The van der Waals surface area contributed by atoms with Gasteiger partial charge < -0.3 is 38.9 Å². The molecule has 0 fully saturated rings. The van der Waals surface area contributed by atoms with E-state index in [4.69, 9.17) is 9.47 Å². The van der Waals surface area contributed by atoms with Crippen LogP contribution in [-0.2, 0) is 0 Å². The maximum absolute atomic E-state index is 7.91. The molecule has 0 atom stereocenters. The van der Waals surface area contributed by atoms with Crippen molar-refractivity contribution >= 4 is 172 Å². The average molecular weight is 1290 g/mol. The Morgan fingerprint density at radius 1 is 0.198 bits per heavy atom. The first-order valence-corrected chi connectivity index (χ1v) is 34.7. The molecule has 470 valence electrons. The van der Waals surface area contributed by atoms with Gasteiger partial charge in [-0.25, -0.2) is 0 Å². The van der Waals surface area contributed by atoms with E-state index in [0.29, 0.717) is 0 Å². The highest BCUT2D eigenvalue weighted by molar-refractivity contribution is 7.04. The normalized spacial score (nSPS) is 13.4. The van der Waals surface area contributed by atoms with Crippen LogP contribution in [0.2, 0.25) is 0 Å². The molecule has 8 nitrogen and oxygen atoms in total. The first-order valence-electron chi connectivity index (χ1n) is 34.7. The molecule has 0 aliphatic carbocycles. The first-order chi connectivity index (χ1) is 50.2. The summed E-state index contributed by atoms with van der Waals surface area (Å²) in [6, 6.07) is 130. The third kappa shape index (κ3) is 8.73. The molecule has 0 aromatic heterocycles. The van der Waals surface area contributed by atoms with Crippen LogP contribution < -0.4 is 88.0 Å². The highest BCUT2D eigenvalue weighted by Crippen LogP contribution is 2.53. The maximum atomic E-state index is 7.91. The van der Waals surface area contributed by atoms with E-state index in [1.807, 2.05) is 0 Å². The molecule has 6 aliphatic rings.